The summed E-state index contributed by atoms with van der Waals surface area (Å²) < 4.78 is 35.3. The van der Waals surface area contributed by atoms with E-state index >= 15 is 4.39 Å². The third-order valence-electron chi connectivity index (χ3n) is 7.24. The second-order valence-electron chi connectivity index (χ2n) is 9.56. The van der Waals surface area contributed by atoms with Crippen LogP contribution in [0.1, 0.15) is 33.2 Å². The molecule has 3 heterocycles. The monoisotopic (exact) mass is 561 g/mol. The quantitative estimate of drug-likeness (QED) is 0.331. The first-order valence-electron chi connectivity index (χ1n) is 12.8. The second-order valence-corrected chi connectivity index (χ2v) is 10.5. The highest BCUT2D eigenvalue weighted by atomic mass is 32.2. The molecule has 2 aliphatic heterocycles. The number of thioether (sulfide) groups is 1. The number of carbonyl (C=O) groups is 1. The van der Waals surface area contributed by atoms with Gasteiger partial charge in [0.15, 0.2) is 23.1 Å². The first-order valence-corrected chi connectivity index (χ1v) is 13.8. The molecule has 10 heteroatoms. The lowest BCUT2D eigenvalue weighted by Crippen LogP contribution is -2.56. The number of aromatic nitrogens is 1. The van der Waals surface area contributed by atoms with Gasteiger partial charge in [-0.1, -0.05) is 54.6 Å². The lowest BCUT2D eigenvalue weighted by atomic mass is 9.92. The van der Waals surface area contributed by atoms with Crippen molar-refractivity contribution in [2.75, 3.05) is 19.8 Å². The van der Waals surface area contributed by atoms with Gasteiger partial charge in [0, 0.05) is 35.0 Å². The van der Waals surface area contributed by atoms with Gasteiger partial charge >= 0.3 is 0 Å². The fraction of sp³-hybridized carbons (Fsp3) is 0.200. The van der Waals surface area contributed by atoms with E-state index in [-0.39, 0.29) is 36.8 Å². The van der Waals surface area contributed by atoms with Crippen LogP contribution in [0.4, 0.5) is 8.78 Å². The van der Waals surface area contributed by atoms with Gasteiger partial charge in [-0.25, -0.2) is 8.78 Å². The SMILES string of the molecule is O=C(c1[nH]ccc(=O)c1O)N1CCOC[C@@H]1N[C@@H]1c2ccc(F)c(F)c2CSc2c(-c3ccccc3)cccc21. The van der Waals surface area contributed by atoms with E-state index in [4.69, 9.17) is 4.74 Å². The smallest absolute Gasteiger partial charge is 0.275 e. The van der Waals surface area contributed by atoms with E-state index in [1.54, 1.807) is 6.07 Å². The Morgan fingerprint density at radius 1 is 1.05 bits per heavy atom. The maximum atomic E-state index is 15.2. The number of aromatic amines is 1. The number of nitrogens with one attached hydrogen (secondary N) is 2. The Balaban J connectivity index is 1.45. The number of ether oxygens (including phenoxy) is 1. The van der Waals surface area contributed by atoms with Gasteiger partial charge in [-0.2, -0.15) is 0 Å². The zero-order chi connectivity index (χ0) is 27.8. The minimum Gasteiger partial charge on any atom is -0.503 e. The number of amides is 1. The van der Waals surface area contributed by atoms with Gasteiger partial charge in [-0.3, -0.25) is 14.9 Å². The lowest BCUT2D eigenvalue weighted by Gasteiger charge is -2.38. The molecule has 0 unspecified atom stereocenters. The van der Waals surface area contributed by atoms with E-state index in [0.717, 1.165) is 33.7 Å². The molecule has 2 atom stereocenters. The van der Waals surface area contributed by atoms with E-state index in [2.05, 4.69) is 10.3 Å². The van der Waals surface area contributed by atoms with Crippen molar-refractivity contribution >= 4 is 17.7 Å². The summed E-state index contributed by atoms with van der Waals surface area (Å²) in [5.41, 5.74) is 2.71. The number of hydrogen-bond acceptors (Lipinski definition) is 6. The van der Waals surface area contributed by atoms with Crippen LogP contribution in [0, 0.1) is 11.6 Å². The molecule has 2 aliphatic rings. The fourth-order valence-electron chi connectivity index (χ4n) is 5.26. The van der Waals surface area contributed by atoms with Gasteiger partial charge in [0.25, 0.3) is 5.91 Å². The number of aromatic hydroxyl groups is 1. The summed E-state index contributed by atoms with van der Waals surface area (Å²) in [5, 5.41) is 13.8. The highest BCUT2D eigenvalue weighted by Gasteiger charge is 2.35. The Bertz CT molecular complexity index is 1650. The average molecular weight is 562 g/mol. The number of pyridine rings is 1. The Labute approximate surface area is 232 Å². The summed E-state index contributed by atoms with van der Waals surface area (Å²) in [4.78, 5) is 30.6. The average Bonchev–Trinajstić information content (AvgIpc) is 3.14. The largest absolute Gasteiger partial charge is 0.503 e. The highest BCUT2D eigenvalue weighted by molar-refractivity contribution is 7.98. The molecule has 1 aromatic heterocycles. The third-order valence-corrected chi connectivity index (χ3v) is 8.42. The molecular formula is C30H25F2N3O4S. The van der Waals surface area contributed by atoms with Crippen LogP contribution < -0.4 is 10.7 Å². The Hall–Kier alpha value is -3.99. The zero-order valence-corrected chi connectivity index (χ0v) is 22.0. The molecule has 1 fully saturated rings. The molecule has 1 saturated heterocycles. The lowest BCUT2D eigenvalue weighted by molar-refractivity contribution is -0.0151. The number of carbonyl (C=O) groups excluding carboxylic acids is 1. The molecule has 3 aromatic carbocycles. The Morgan fingerprint density at radius 3 is 2.70 bits per heavy atom. The van der Waals surface area contributed by atoms with Gasteiger partial charge < -0.3 is 19.7 Å². The topological polar surface area (TPSA) is 94.7 Å². The first-order chi connectivity index (χ1) is 19.4. The molecule has 3 N–H and O–H groups in total. The van der Waals surface area contributed by atoms with Crippen LogP contribution in [-0.2, 0) is 10.5 Å². The number of H-pyrrole nitrogens is 1. The van der Waals surface area contributed by atoms with Gasteiger partial charge in [0.05, 0.1) is 19.3 Å². The number of rotatable bonds is 4. The number of halogens is 2. The molecule has 0 radical (unpaired) electrons. The van der Waals surface area contributed by atoms with Crippen molar-refractivity contribution in [2.24, 2.45) is 0 Å². The second kappa shape index (κ2) is 10.9. The van der Waals surface area contributed by atoms with Crippen molar-refractivity contribution < 1.29 is 23.4 Å². The predicted molar refractivity (Wildman–Crippen MR) is 147 cm³/mol. The molecule has 40 heavy (non-hydrogen) atoms. The summed E-state index contributed by atoms with van der Waals surface area (Å²) in [6.45, 7) is 0.559. The van der Waals surface area contributed by atoms with Crippen molar-refractivity contribution in [3.8, 4) is 16.9 Å². The van der Waals surface area contributed by atoms with Crippen LogP contribution in [0.15, 0.2) is 82.6 Å². The van der Waals surface area contributed by atoms with E-state index < -0.39 is 40.9 Å². The van der Waals surface area contributed by atoms with E-state index in [1.165, 1.54) is 22.9 Å². The molecule has 0 aliphatic carbocycles. The van der Waals surface area contributed by atoms with Crippen LogP contribution in [0.5, 0.6) is 5.75 Å². The minimum atomic E-state index is -0.923. The van der Waals surface area contributed by atoms with Crippen molar-refractivity contribution in [1.29, 1.82) is 0 Å². The van der Waals surface area contributed by atoms with Crippen LogP contribution in [0.3, 0.4) is 0 Å². The summed E-state index contributed by atoms with van der Waals surface area (Å²) >= 11 is 1.44. The minimum absolute atomic E-state index is 0.111. The van der Waals surface area contributed by atoms with Crippen LogP contribution in [0.25, 0.3) is 11.1 Å². The van der Waals surface area contributed by atoms with Crippen LogP contribution in [-0.4, -0.2) is 46.8 Å². The van der Waals surface area contributed by atoms with E-state index in [1.807, 2.05) is 48.5 Å². The van der Waals surface area contributed by atoms with Gasteiger partial charge in [0.1, 0.15) is 6.17 Å². The standard InChI is InChI=1S/C30H25F2N3O4S/c31-22-10-9-19-21(25(22)32)16-40-29-18(17-5-2-1-3-6-17)7-4-8-20(29)26(19)34-24-15-39-14-13-35(24)30(38)27-28(37)23(36)11-12-33-27/h1-12,24,26,34,37H,13-16H2,(H,33,36)/t24-,26-/m1/s1. The summed E-state index contributed by atoms with van der Waals surface area (Å²) in [5.74, 6) is -2.84. The zero-order valence-electron chi connectivity index (χ0n) is 21.2. The molecule has 1 amide bonds. The maximum absolute atomic E-state index is 15.2. The van der Waals surface area contributed by atoms with Gasteiger partial charge in [-0.05, 0) is 28.3 Å². The number of fused-ring (bicyclic) bond motifs is 2. The number of nitrogens with zero attached hydrogens (tertiary/aromatic N) is 1. The predicted octanol–water partition coefficient (Wildman–Crippen LogP) is 4.81. The van der Waals surface area contributed by atoms with Crippen molar-refractivity contribution in [2.45, 2.75) is 22.9 Å². The summed E-state index contributed by atoms with van der Waals surface area (Å²) in [6, 6.07) is 18.9. The summed E-state index contributed by atoms with van der Waals surface area (Å²) in [6.07, 6.45) is 0.599. The molecule has 7 nitrogen and oxygen atoms in total. The molecule has 0 bridgehead atoms. The summed E-state index contributed by atoms with van der Waals surface area (Å²) in [7, 11) is 0. The van der Waals surface area contributed by atoms with E-state index in [0.29, 0.717) is 5.56 Å². The van der Waals surface area contributed by atoms with Crippen molar-refractivity contribution in [3.63, 3.8) is 0 Å². The Morgan fingerprint density at radius 2 is 1.88 bits per heavy atom. The number of hydrogen-bond donors (Lipinski definition) is 3. The molecule has 0 saturated carbocycles. The third kappa shape index (κ3) is 4.68. The first kappa shape index (κ1) is 26.2. The van der Waals surface area contributed by atoms with Gasteiger partial charge in [-0.15, -0.1) is 11.8 Å². The van der Waals surface area contributed by atoms with Crippen LogP contribution in [0.2, 0.25) is 0 Å². The molecule has 0 spiro atoms. The molecular weight excluding hydrogens is 536 g/mol. The van der Waals surface area contributed by atoms with E-state index in [9.17, 15) is 19.1 Å². The number of benzene rings is 3. The maximum Gasteiger partial charge on any atom is 0.275 e. The normalized spacial score (nSPS) is 18.5. The van der Waals surface area contributed by atoms with Crippen molar-refractivity contribution in [3.05, 3.63) is 117 Å². The number of morpholine rings is 1. The highest BCUT2D eigenvalue weighted by Crippen LogP contribution is 2.45. The van der Waals surface area contributed by atoms with Crippen LogP contribution >= 0.6 is 11.8 Å². The molecule has 6 rings (SSSR count). The fourth-order valence-corrected chi connectivity index (χ4v) is 6.54. The Kier molecular flexibility index (Phi) is 7.14. The van der Waals surface area contributed by atoms with Crippen molar-refractivity contribution in [1.82, 2.24) is 15.2 Å². The van der Waals surface area contributed by atoms with Gasteiger partial charge in [0.2, 0.25) is 5.43 Å². The molecule has 4 aromatic rings. The molecule has 204 valence electrons.